The molecule has 2 nitrogen and oxygen atoms in total. The minimum Gasteiger partial charge on any atom is -0.370 e. The third-order valence-corrected chi connectivity index (χ3v) is 3.03. The number of hydrogen-bond donors (Lipinski definition) is 1. The third kappa shape index (κ3) is 4.01. The Kier molecular flexibility index (Phi) is 5.45. The second-order valence-electron chi connectivity index (χ2n) is 3.13. The van der Waals surface area contributed by atoms with Crippen molar-refractivity contribution in [1.29, 1.82) is 0 Å². The Labute approximate surface area is 90.5 Å². The van der Waals surface area contributed by atoms with Gasteiger partial charge in [-0.3, -0.25) is 0 Å². The van der Waals surface area contributed by atoms with Crippen molar-refractivity contribution in [1.82, 2.24) is 4.98 Å². The predicted molar refractivity (Wildman–Crippen MR) is 64.9 cm³/mol. The van der Waals surface area contributed by atoms with Crippen LogP contribution in [0.5, 0.6) is 0 Å². The van der Waals surface area contributed by atoms with Crippen LogP contribution in [0.4, 0.5) is 5.82 Å². The molecule has 0 saturated carbocycles. The quantitative estimate of drug-likeness (QED) is 0.730. The molecule has 0 atom stereocenters. The van der Waals surface area contributed by atoms with Gasteiger partial charge in [-0.15, -0.1) is 0 Å². The first kappa shape index (κ1) is 11.4. The van der Waals surface area contributed by atoms with Crippen molar-refractivity contribution in [3.05, 3.63) is 23.9 Å². The summed E-state index contributed by atoms with van der Waals surface area (Å²) < 4.78 is 0. The number of hydrogen-bond acceptors (Lipinski definition) is 3. The van der Waals surface area contributed by atoms with Gasteiger partial charge in [0.05, 0.1) is 0 Å². The van der Waals surface area contributed by atoms with Crippen LogP contribution in [-0.2, 0) is 5.75 Å². The summed E-state index contributed by atoms with van der Waals surface area (Å²) in [6, 6.07) is 4.19. The number of pyridine rings is 1. The summed E-state index contributed by atoms with van der Waals surface area (Å²) in [5.74, 6) is 3.28. The van der Waals surface area contributed by atoms with E-state index in [0.29, 0.717) is 0 Å². The van der Waals surface area contributed by atoms with E-state index < -0.39 is 0 Å². The molecule has 14 heavy (non-hydrogen) atoms. The zero-order valence-electron chi connectivity index (χ0n) is 8.92. The molecule has 0 radical (unpaired) electrons. The Morgan fingerprint density at radius 2 is 2.21 bits per heavy atom. The van der Waals surface area contributed by atoms with Gasteiger partial charge in [0.2, 0.25) is 0 Å². The molecule has 1 N–H and O–H groups in total. The zero-order chi connectivity index (χ0) is 10.2. The van der Waals surface area contributed by atoms with E-state index in [9.17, 15) is 0 Å². The van der Waals surface area contributed by atoms with E-state index >= 15 is 0 Å². The number of nitrogens with zero attached hydrogens (tertiary/aromatic N) is 1. The molecule has 0 saturated heterocycles. The van der Waals surface area contributed by atoms with Crippen LogP contribution in [0.3, 0.4) is 0 Å². The number of thioether (sulfide) groups is 1. The van der Waals surface area contributed by atoms with Crippen molar-refractivity contribution in [3.8, 4) is 0 Å². The Morgan fingerprint density at radius 3 is 2.79 bits per heavy atom. The van der Waals surface area contributed by atoms with Crippen LogP contribution >= 0.6 is 11.8 Å². The second-order valence-corrected chi connectivity index (χ2v) is 4.24. The van der Waals surface area contributed by atoms with E-state index in [1.54, 1.807) is 0 Å². The van der Waals surface area contributed by atoms with E-state index in [-0.39, 0.29) is 0 Å². The van der Waals surface area contributed by atoms with Crippen LogP contribution in [0.25, 0.3) is 0 Å². The number of rotatable bonds is 6. The largest absolute Gasteiger partial charge is 0.370 e. The normalized spacial score (nSPS) is 10.1. The number of nitrogens with one attached hydrogen (secondary N) is 1. The van der Waals surface area contributed by atoms with Gasteiger partial charge >= 0.3 is 0 Å². The lowest BCUT2D eigenvalue weighted by atomic mass is 10.3. The average Bonchev–Trinajstić information content (AvgIpc) is 2.21. The molecule has 3 heteroatoms. The van der Waals surface area contributed by atoms with E-state index in [1.807, 2.05) is 24.0 Å². The summed E-state index contributed by atoms with van der Waals surface area (Å²) >= 11 is 1.97. The van der Waals surface area contributed by atoms with Gasteiger partial charge in [-0.05, 0) is 30.7 Å². The van der Waals surface area contributed by atoms with Crippen LogP contribution in [0.2, 0.25) is 0 Å². The third-order valence-electron chi connectivity index (χ3n) is 1.80. The van der Waals surface area contributed by atoms with Gasteiger partial charge in [0.1, 0.15) is 5.82 Å². The van der Waals surface area contributed by atoms with Crippen molar-refractivity contribution in [3.63, 3.8) is 0 Å². The lowest BCUT2D eigenvalue weighted by molar-refractivity contribution is 1.10. The van der Waals surface area contributed by atoms with Crippen LogP contribution in [0.15, 0.2) is 18.3 Å². The Morgan fingerprint density at radius 1 is 1.36 bits per heavy atom. The van der Waals surface area contributed by atoms with Crippen molar-refractivity contribution < 1.29 is 0 Å². The maximum absolute atomic E-state index is 4.32. The van der Waals surface area contributed by atoms with Gasteiger partial charge in [0.25, 0.3) is 0 Å². The first-order chi connectivity index (χ1) is 6.86. The van der Waals surface area contributed by atoms with E-state index in [0.717, 1.165) is 18.1 Å². The molecule has 0 aliphatic rings. The number of anilines is 1. The van der Waals surface area contributed by atoms with Crippen molar-refractivity contribution >= 4 is 17.6 Å². The fraction of sp³-hybridized carbons (Fsp3) is 0.545. The van der Waals surface area contributed by atoms with E-state index in [4.69, 9.17) is 0 Å². The zero-order valence-corrected chi connectivity index (χ0v) is 9.73. The summed E-state index contributed by atoms with van der Waals surface area (Å²) in [7, 11) is 0. The Hall–Kier alpha value is -0.700. The Bertz CT molecular complexity index is 246. The SMILES string of the molecule is CCCSCc1ccc(NCC)nc1. The molecule has 0 amide bonds. The summed E-state index contributed by atoms with van der Waals surface area (Å²) in [4.78, 5) is 4.32. The van der Waals surface area contributed by atoms with Gasteiger partial charge in [0.15, 0.2) is 0 Å². The lowest BCUT2D eigenvalue weighted by Crippen LogP contribution is -1.98. The minimum absolute atomic E-state index is 0.928. The molecule has 0 aliphatic heterocycles. The molecule has 0 aromatic carbocycles. The second kappa shape index (κ2) is 6.71. The Balaban J connectivity index is 2.38. The fourth-order valence-electron chi connectivity index (χ4n) is 1.13. The van der Waals surface area contributed by atoms with Gasteiger partial charge in [-0.2, -0.15) is 11.8 Å². The molecule has 1 rings (SSSR count). The molecule has 0 aliphatic carbocycles. The van der Waals surface area contributed by atoms with Crippen LogP contribution in [0, 0.1) is 0 Å². The summed E-state index contributed by atoms with van der Waals surface area (Å²) in [5, 5.41) is 3.18. The maximum atomic E-state index is 4.32. The average molecular weight is 210 g/mol. The molecule has 0 bridgehead atoms. The smallest absolute Gasteiger partial charge is 0.125 e. The molecule has 1 aromatic rings. The van der Waals surface area contributed by atoms with E-state index in [1.165, 1.54) is 17.7 Å². The predicted octanol–water partition coefficient (Wildman–Crippen LogP) is 3.16. The van der Waals surface area contributed by atoms with Crippen molar-refractivity contribution in [2.45, 2.75) is 26.0 Å². The van der Waals surface area contributed by atoms with Gasteiger partial charge in [-0.1, -0.05) is 13.0 Å². The lowest BCUT2D eigenvalue weighted by Gasteiger charge is -2.03. The van der Waals surface area contributed by atoms with Crippen LogP contribution in [-0.4, -0.2) is 17.3 Å². The van der Waals surface area contributed by atoms with Crippen molar-refractivity contribution in [2.24, 2.45) is 0 Å². The molecule has 1 heterocycles. The summed E-state index contributed by atoms with van der Waals surface area (Å²) in [6.07, 6.45) is 3.20. The molecule has 0 unspecified atom stereocenters. The summed E-state index contributed by atoms with van der Waals surface area (Å²) in [6.45, 7) is 5.21. The molecular formula is C11H18N2S. The topological polar surface area (TPSA) is 24.9 Å². The minimum atomic E-state index is 0.928. The fourth-order valence-corrected chi connectivity index (χ4v) is 1.97. The van der Waals surface area contributed by atoms with Gasteiger partial charge < -0.3 is 5.32 Å². The first-order valence-electron chi connectivity index (χ1n) is 5.13. The van der Waals surface area contributed by atoms with Crippen molar-refractivity contribution in [2.75, 3.05) is 17.6 Å². The standard InChI is InChI=1S/C11H18N2S/c1-3-7-14-9-10-5-6-11(12-4-2)13-8-10/h5-6,8H,3-4,7,9H2,1-2H3,(H,12,13). The van der Waals surface area contributed by atoms with Gasteiger partial charge in [0, 0.05) is 18.5 Å². The first-order valence-corrected chi connectivity index (χ1v) is 6.28. The molecule has 78 valence electrons. The molecule has 1 aromatic heterocycles. The highest BCUT2D eigenvalue weighted by Gasteiger charge is 1.94. The maximum Gasteiger partial charge on any atom is 0.125 e. The van der Waals surface area contributed by atoms with Gasteiger partial charge in [-0.25, -0.2) is 4.98 Å². The monoisotopic (exact) mass is 210 g/mol. The highest BCUT2D eigenvalue weighted by Crippen LogP contribution is 2.13. The molecular weight excluding hydrogens is 192 g/mol. The highest BCUT2D eigenvalue weighted by molar-refractivity contribution is 7.98. The van der Waals surface area contributed by atoms with Crippen LogP contribution in [0.1, 0.15) is 25.8 Å². The van der Waals surface area contributed by atoms with E-state index in [2.05, 4.69) is 30.2 Å². The highest BCUT2D eigenvalue weighted by atomic mass is 32.2. The summed E-state index contributed by atoms with van der Waals surface area (Å²) in [5.41, 5.74) is 1.31. The molecule has 0 spiro atoms. The van der Waals surface area contributed by atoms with Crippen LogP contribution < -0.4 is 5.32 Å². The number of aromatic nitrogens is 1. The molecule has 0 fully saturated rings.